The molecule has 0 aromatic carbocycles. The van der Waals surface area contributed by atoms with Crippen molar-refractivity contribution in [3.8, 4) is 0 Å². The first kappa shape index (κ1) is 9.47. The first-order valence-electron chi connectivity index (χ1n) is 3.19. The number of nitrogens with zero attached hydrogens (tertiary/aromatic N) is 1. The van der Waals surface area contributed by atoms with Crippen molar-refractivity contribution in [3.05, 3.63) is 16.6 Å². The summed E-state index contributed by atoms with van der Waals surface area (Å²) in [5.41, 5.74) is 0. The lowest BCUT2D eigenvalue weighted by atomic mass is 10.3. The van der Waals surface area contributed by atoms with Gasteiger partial charge in [0, 0.05) is 11.6 Å². The number of halogens is 3. The lowest BCUT2D eigenvalue weighted by Crippen LogP contribution is -2.31. The molecule has 0 spiro atoms. The molecular weight excluding hydrogens is 189 g/mol. The van der Waals surface area contributed by atoms with E-state index >= 15 is 0 Å². The van der Waals surface area contributed by atoms with E-state index in [1.807, 2.05) is 0 Å². The molecule has 0 saturated heterocycles. The van der Waals surface area contributed by atoms with Gasteiger partial charge in [0.1, 0.15) is 5.01 Å². The Bertz CT molecular complexity index is 231. The summed E-state index contributed by atoms with van der Waals surface area (Å²) in [6, 6.07) is -1.64. The second kappa shape index (κ2) is 3.40. The molecule has 1 rings (SSSR count). The molecule has 0 aliphatic rings. The van der Waals surface area contributed by atoms with Crippen LogP contribution in [0.4, 0.5) is 13.2 Å². The maximum Gasteiger partial charge on any atom is 0.410 e. The molecule has 1 atom stereocenters. The Hall–Kier alpha value is -0.620. The van der Waals surface area contributed by atoms with Crippen LogP contribution >= 0.6 is 11.3 Å². The second-order valence-corrected chi connectivity index (χ2v) is 3.06. The van der Waals surface area contributed by atoms with Crippen LogP contribution in [0, 0.1) is 0 Å². The summed E-state index contributed by atoms with van der Waals surface area (Å²) in [4.78, 5) is 3.59. The average Bonchev–Trinajstić information content (AvgIpc) is 2.38. The number of hydrogen-bond acceptors (Lipinski definition) is 3. The van der Waals surface area contributed by atoms with Gasteiger partial charge in [0.2, 0.25) is 0 Å². The Balaban J connectivity index is 2.84. The molecule has 1 aromatic rings. The van der Waals surface area contributed by atoms with Gasteiger partial charge in [0.05, 0.1) is 0 Å². The normalized spacial score (nSPS) is 14.7. The topological polar surface area (TPSA) is 24.9 Å². The van der Waals surface area contributed by atoms with Crippen LogP contribution in [-0.4, -0.2) is 18.2 Å². The first-order valence-corrected chi connectivity index (χ1v) is 4.07. The van der Waals surface area contributed by atoms with Gasteiger partial charge >= 0.3 is 6.18 Å². The molecule has 12 heavy (non-hydrogen) atoms. The first-order chi connectivity index (χ1) is 5.55. The van der Waals surface area contributed by atoms with E-state index in [1.165, 1.54) is 18.6 Å². The van der Waals surface area contributed by atoms with Gasteiger partial charge in [0.15, 0.2) is 6.04 Å². The summed E-state index contributed by atoms with van der Waals surface area (Å²) < 4.78 is 36.6. The highest BCUT2D eigenvalue weighted by molar-refractivity contribution is 7.09. The maximum atomic E-state index is 12.2. The molecule has 0 bridgehead atoms. The molecule has 0 fully saturated rings. The van der Waals surface area contributed by atoms with E-state index in [4.69, 9.17) is 0 Å². The number of aromatic nitrogens is 1. The van der Waals surface area contributed by atoms with E-state index in [-0.39, 0.29) is 5.01 Å². The van der Waals surface area contributed by atoms with E-state index in [0.29, 0.717) is 0 Å². The molecule has 0 radical (unpaired) electrons. The Morgan fingerprint density at radius 2 is 2.25 bits per heavy atom. The SMILES string of the molecule is CNC(c1nccs1)C(F)(F)F. The van der Waals surface area contributed by atoms with Gasteiger partial charge in [-0.3, -0.25) is 0 Å². The monoisotopic (exact) mass is 196 g/mol. The quantitative estimate of drug-likeness (QED) is 0.782. The molecule has 1 aromatic heterocycles. The fourth-order valence-electron chi connectivity index (χ4n) is 0.804. The molecule has 0 amide bonds. The van der Waals surface area contributed by atoms with Crippen LogP contribution in [0.15, 0.2) is 11.6 Å². The highest BCUT2D eigenvalue weighted by atomic mass is 32.1. The third-order valence-electron chi connectivity index (χ3n) is 1.31. The molecule has 2 nitrogen and oxygen atoms in total. The highest BCUT2D eigenvalue weighted by Gasteiger charge is 2.41. The smallest absolute Gasteiger partial charge is 0.304 e. The average molecular weight is 196 g/mol. The predicted molar refractivity (Wildman–Crippen MR) is 40.0 cm³/mol. The van der Waals surface area contributed by atoms with Crippen molar-refractivity contribution in [1.29, 1.82) is 0 Å². The maximum absolute atomic E-state index is 12.2. The summed E-state index contributed by atoms with van der Waals surface area (Å²) in [7, 11) is 1.26. The molecule has 0 aliphatic carbocycles. The third-order valence-corrected chi connectivity index (χ3v) is 2.15. The zero-order chi connectivity index (χ0) is 9.19. The fourth-order valence-corrected chi connectivity index (χ4v) is 1.57. The summed E-state index contributed by atoms with van der Waals surface area (Å²) in [5.74, 6) is 0. The molecule has 0 saturated carbocycles. The minimum atomic E-state index is -4.27. The lowest BCUT2D eigenvalue weighted by molar-refractivity contribution is -0.156. The van der Waals surface area contributed by atoms with Gasteiger partial charge in [-0.05, 0) is 7.05 Å². The molecule has 1 N–H and O–H groups in total. The van der Waals surface area contributed by atoms with Crippen molar-refractivity contribution >= 4 is 11.3 Å². The number of nitrogens with one attached hydrogen (secondary N) is 1. The standard InChI is InChI=1S/C6H7F3N2S/c1-10-4(6(7,8)9)5-11-2-3-12-5/h2-4,10H,1H3. The fraction of sp³-hybridized carbons (Fsp3) is 0.500. The molecule has 68 valence electrons. The van der Waals surface area contributed by atoms with E-state index in [1.54, 1.807) is 0 Å². The van der Waals surface area contributed by atoms with Crippen molar-refractivity contribution in [2.75, 3.05) is 7.05 Å². The zero-order valence-corrected chi connectivity index (χ0v) is 7.04. The van der Waals surface area contributed by atoms with E-state index in [0.717, 1.165) is 11.3 Å². The van der Waals surface area contributed by atoms with E-state index in [2.05, 4.69) is 10.3 Å². The molecule has 1 heterocycles. The Labute approximate surface area is 71.4 Å². The van der Waals surface area contributed by atoms with Crippen molar-refractivity contribution in [2.24, 2.45) is 0 Å². The molecule has 0 aliphatic heterocycles. The molecule has 1 unspecified atom stereocenters. The van der Waals surface area contributed by atoms with Gasteiger partial charge < -0.3 is 5.32 Å². The third kappa shape index (κ3) is 1.95. The van der Waals surface area contributed by atoms with Crippen LogP contribution in [0.2, 0.25) is 0 Å². The van der Waals surface area contributed by atoms with Crippen LogP contribution in [-0.2, 0) is 0 Å². The summed E-state index contributed by atoms with van der Waals surface area (Å²) in [6.07, 6.45) is -2.91. The summed E-state index contributed by atoms with van der Waals surface area (Å²) in [6.45, 7) is 0. The van der Waals surface area contributed by atoms with Crippen LogP contribution in [0.5, 0.6) is 0 Å². The van der Waals surface area contributed by atoms with E-state index in [9.17, 15) is 13.2 Å². The second-order valence-electron chi connectivity index (χ2n) is 2.13. The van der Waals surface area contributed by atoms with Gasteiger partial charge in [-0.15, -0.1) is 11.3 Å². The van der Waals surface area contributed by atoms with Gasteiger partial charge in [0.25, 0.3) is 0 Å². The lowest BCUT2D eigenvalue weighted by Gasteiger charge is -2.16. The van der Waals surface area contributed by atoms with Crippen LogP contribution in [0.3, 0.4) is 0 Å². The number of rotatable bonds is 2. The Morgan fingerprint density at radius 3 is 2.58 bits per heavy atom. The van der Waals surface area contributed by atoms with Gasteiger partial charge in [-0.2, -0.15) is 13.2 Å². The minimum Gasteiger partial charge on any atom is -0.304 e. The van der Waals surface area contributed by atoms with Gasteiger partial charge in [-0.1, -0.05) is 0 Å². The summed E-state index contributed by atoms with van der Waals surface area (Å²) >= 11 is 0.989. The minimum absolute atomic E-state index is 0.0463. The zero-order valence-electron chi connectivity index (χ0n) is 6.22. The Morgan fingerprint density at radius 1 is 1.58 bits per heavy atom. The summed E-state index contributed by atoms with van der Waals surface area (Å²) in [5, 5.41) is 3.73. The van der Waals surface area contributed by atoms with Crippen molar-refractivity contribution in [2.45, 2.75) is 12.2 Å². The number of thiazole rings is 1. The van der Waals surface area contributed by atoms with Crippen molar-refractivity contribution in [3.63, 3.8) is 0 Å². The van der Waals surface area contributed by atoms with Crippen molar-refractivity contribution in [1.82, 2.24) is 10.3 Å². The highest BCUT2D eigenvalue weighted by Crippen LogP contribution is 2.32. The predicted octanol–water partition coefficient (Wildman–Crippen LogP) is 1.97. The van der Waals surface area contributed by atoms with Crippen LogP contribution < -0.4 is 5.32 Å². The van der Waals surface area contributed by atoms with Crippen LogP contribution in [0.25, 0.3) is 0 Å². The van der Waals surface area contributed by atoms with E-state index < -0.39 is 12.2 Å². The number of alkyl halides is 3. The van der Waals surface area contributed by atoms with Crippen LogP contribution in [0.1, 0.15) is 11.0 Å². The molecule has 6 heteroatoms. The van der Waals surface area contributed by atoms with Crippen molar-refractivity contribution < 1.29 is 13.2 Å². The molecular formula is C6H7F3N2S. The Kier molecular flexibility index (Phi) is 2.69. The number of hydrogen-bond donors (Lipinski definition) is 1. The van der Waals surface area contributed by atoms with Gasteiger partial charge in [-0.25, -0.2) is 4.98 Å². The largest absolute Gasteiger partial charge is 0.410 e.